The highest BCUT2D eigenvalue weighted by atomic mass is 16.5. The highest BCUT2D eigenvalue weighted by Crippen LogP contribution is 2.11. The molecule has 0 bridgehead atoms. The number of hydrogen-bond acceptors (Lipinski definition) is 4. The van der Waals surface area contributed by atoms with Crippen molar-refractivity contribution in [3.8, 4) is 5.75 Å². The average Bonchev–Trinajstić information content (AvgIpc) is 2.78. The number of carbonyl (C=O) groups is 3. The summed E-state index contributed by atoms with van der Waals surface area (Å²) in [6.07, 6.45) is -0.0569. The first-order chi connectivity index (χ1) is 10.5. The topological polar surface area (TPSA) is 87.7 Å². The second kappa shape index (κ2) is 6.93. The fourth-order valence-corrected chi connectivity index (χ4v) is 1.99. The van der Waals surface area contributed by atoms with E-state index in [4.69, 9.17) is 4.74 Å². The van der Waals surface area contributed by atoms with E-state index in [2.05, 4.69) is 10.6 Å². The van der Waals surface area contributed by atoms with Crippen LogP contribution in [0.4, 0.5) is 4.79 Å². The van der Waals surface area contributed by atoms with Crippen LogP contribution in [0.2, 0.25) is 0 Å². The van der Waals surface area contributed by atoms with Crippen LogP contribution in [0.5, 0.6) is 5.75 Å². The normalized spacial score (nSPS) is 16.9. The van der Waals surface area contributed by atoms with Gasteiger partial charge in [0.25, 0.3) is 5.91 Å². The first kappa shape index (κ1) is 15.8. The van der Waals surface area contributed by atoms with Crippen molar-refractivity contribution in [3.63, 3.8) is 0 Å². The van der Waals surface area contributed by atoms with Crippen molar-refractivity contribution < 1.29 is 19.1 Å². The summed E-state index contributed by atoms with van der Waals surface area (Å²) in [6.45, 7) is 2.75. The van der Waals surface area contributed by atoms with Gasteiger partial charge in [0.15, 0.2) is 0 Å². The number of nitrogens with one attached hydrogen (secondary N) is 2. The second-order valence-corrected chi connectivity index (χ2v) is 5.20. The van der Waals surface area contributed by atoms with E-state index in [0.717, 1.165) is 11.3 Å². The lowest BCUT2D eigenvalue weighted by molar-refractivity contribution is -0.133. The Balaban J connectivity index is 1.73. The first-order valence-corrected chi connectivity index (χ1v) is 7.00. The van der Waals surface area contributed by atoms with Crippen molar-refractivity contribution in [2.24, 2.45) is 0 Å². The van der Waals surface area contributed by atoms with Gasteiger partial charge in [-0.1, -0.05) is 17.7 Å². The van der Waals surface area contributed by atoms with Gasteiger partial charge in [-0.2, -0.15) is 0 Å². The molecule has 1 aliphatic heterocycles. The van der Waals surface area contributed by atoms with E-state index in [-0.39, 0.29) is 12.3 Å². The van der Waals surface area contributed by atoms with E-state index < -0.39 is 18.0 Å². The van der Waals surface area contributed by atoms with Gasteiger partial charge in [-0.05, 0) is 19.1 Å². The summed E-state index contributed by atoms with van der Waals surface area (Å²) >= 11 is 0. The van der Waals surface area contributed by atoms with E-state index in [1.165, 1.54) is 4.90 Å². The van der Waals surface area contributed by atoms with Crippen molar-refractivity contribution in [2.45, 2.75) is 19.4 Å². The predicted molar refractivity (Wildman–Crippen MR) is 79.4 cm³/mol. The zero-order chi connectivity index (χ0) is 16.1. The zero-order valence-electron chi connectivity index (χ0n) is 12.6. The van der Waals surface area contributed by atoms with E-state index in [0.29, 0.717) is 13.2 Å². The molecule has 0 spiro atoms. The molecule has 1 saturated heterocycles. The molecule has 0 saturated carbocycles. The van der Waals surface area contributed by atoms with Crippen LogP contribution in [0.15, 0.2) is 24.3 Å². The zero-order valence-corrected chi connectivity index (χ0v) is 12.6. The summed E-state index contributed by atoms with van der Waals surface area (Å²) in [4.78, 5) is 35.8. The number of carbonyl (C=O) groups excluding carboxylic acids is 3. The summed E-state index contributed by atoms with van der Waals surface area (Å²) in [5.41, 5.74) is 1.15. The number of benzene rings is 1. The Bertz CT molecular complexity index is 571. The Hall–Kier alpha value is -2.57. The third kappa shape index (κ3) is 4.21. The van der Waals surface area contributed by atoms with Crippen LogP contribution < -0.4 is 15.4 Å². The van der Waals surface area contributed by atoms with Crippen molar-refractivity contribution in [1.29, 1.82) is 0 Å². The minimum absolute atomic E-state index is 0.0569. The molecule has 22 heavy (non-hydrogen) atoms. The lowest BCUT2D eigenvalue weighted by atomic mass is 10.2. The number of imide groups is 1. The SMILES string of the molecule is Cc1ccc(OCCN(C)C(=O)CC2NC(=O)NC2=O)cc1. The van der Waals surface area contributed by atoms with Crippen LogP contribution in [-0.2, 0) is 9.59 Å². The quantitative estimate of drug-likeness (QED) is 0.746. The molecule has 2 N–H and O–H groups in total. The highest BCUT2D eigenvalue weighted by molar-refractivity contribution is 6.05. The summed E-state index contributed by atoms with van der Waals surface area (Å²) in [6, 6.07) is 6.29. The summed E-state index contributed by atoms with van der Waals surface area (Å²) in [7, 11) is 1.63. The first-order valence-electron chi connectivity index (χ1n) is 7.00. The third-order valence-corrected chi connectivity index (χ3v) is 3.38. The molecule has 1 atom stereocenters. The van der Waals surface area contributed by atoms with Gasteiger partial charge in [0.05, 0.1) is 13.0 Å². The van der Waals surface area contributed by atoms with E-state index >= 15 is 0 Å². The molecule has 118 valence electrons. The molecule has 7 nitrogen and oxygen atoms in total. The summed E-state index contributed by atoms with van der Waals surface area (Å²) < 4.78 is 5.55. The molecule has 1 unspecified atom stereocenters. The smallest absolute Gasteiger partial charge is 0.322 e. The molecule has 1 aromatic rings. The Morgan fingerprint density at radius 1 is 1.27 bits per heavy atom. The number of likely N-dealkylation sites (N-methyl/N-ethyl adjacent to an activating group) is 1. The van der Waals surface area contributed by atoms with Gasteiger partial charge in [0, 0.05) is 7.05 Å². The van der Waals surface area contributed by atoms with Crippen LogP contribution >= 0.6 is 0 Å². The molecule has 0 aliphatic carbocycles. The summed E-state index contributed by atoms with van der Waals surface area (Å²) in [5, 5.41) is 4.49. The molecule has 1 aliphatic rings. The molecule has 7 heteroatoms. The van der Waals surface area contributed by atoms with Crippen molar-refractivity contribution >= 4 is 17.8 Å². The molecule has 2 rings (SSSR count). The number of hydrogen-bond donors (Lipinski definition) is 2. The minimum atomic E-state index is -0.791. The van der Waals surface area contributed by atoms with E-state index in [1.54, 1.807) is 7.05 Å². The number of nitrogens with zero attached hydrogens (tertiary/aromatic N) is 1. The molecule has 0 aromatic heterocycles. The summed E-state index contributed by atoms with van der Waals surface area (Å²) in [5.74, 6) is 0.0476. The van der Waals surface area contributed by atoms with Crippen LogP contribution in [-0.4, -0.2) is 49.0 Å². The van der Waals surface area contributed by atoms with E-state index in [9.17, 15) is 14.4 Å². The van der Waals surface area contributed by atoms with Gasteiger partial charge in [0.1, 0.15) is 18.4 Å². The van der Waals surface area contributed by atoms with Crippen LogP contribution in [0.25, 0.3) is 0 Å². The lowest BCUT2D eigenvalue weighted by Crippen LogP contribution is -2.38. The van der Waals surface area contributed by atoms with Gasteiger partial charge >= 0.3 is 6.03 Å². The maximum atomic E-state index is 12.0. The number of amides is 4. The fourth-order valence-electron chi connectivity index (χ4n) is 1.99. The third-order valence-electron chi connectivity index (χ3n) is 3.38. The van der Waals surface area contributed by atoms with Gasteiger partial charge in [-0.25, -0.2) is 4.79 Å². The highest BCUT2D eigenvalue weighted by Gasteiger charge is 2.31. The van der Waals surface area contributed by atoms with Crippen molar-refractivity contribution in [3.05, 3.63) is 29.8 Å². The maximum Gasteiger partial charge on any atom is 0.322 e. The number of urea groups is 1. The number of aryl methyl sites for hydroxylation is 1. The van der Waals surface area contributed by atoms with Gasteiger partial charge in [0.2, 0.25) is 5.91 Å². The molecular formula is C15H19N3O4. The molecule has 1 aromatic carbocycles. The molecule has 1 heterocycles. The van der Waals surface area contributed by atoms with Gasteiger partial charge < -0.3 is 15.0 Å². The molecule has 0 radical (unpaired) electrons. The number of rotatable bonds is 6. The minimum Gasteiger partial charge on any atom is -0.492 e. The van der Waals surface area contributed by atoms with Gasteiger partial charge in [-0.15, -0.1) is 0 Å². The fraction of sp³-hybridized carbons (Fsp3) is 0.400. The Kier molecular flexibility index (Phi) is 4.98. The lowest BCUT2D eigenvalue weighted by Gasteiger charge is -2.18. The molecule has 4 amide bonds. The monoisotopic (exact) mass is 305 g/mol. The van der Waals surface area contributed by atoms with Crippen LogP contribution in [0.1, 0.15) is 12.0 Å². The molecule has 1 fully saturated rings. The standard InChI is InChI=1S/C15H19N3O4/c1-10-3-5-11(6-4-10)22-8-7-18(2)13(19)9-12-14(20)17-15(21)16-12/h3-6,12H,7-9H2,1-2H3,(H2,16,17,20,21). The Labute approximate surface area is 128 Å². The number of ether oxygens (including phenoxy) is 1. The van der Waals surface area contributed by atoms with Crippen LogP contribution in [0.3, 0.4) is 0 Å². The predicted octanol–water partition coefficient (Wildman–Crippen LogP) is 0.430. The maximum absolute atomic E-state index is 12.0. The molecular weight excluding hydrogens is 286 g/mol. The second-order valence-electron chi connectivity index (χ2n) is 5.20. The average molecular weight is 305 g/mol. The Morgan fingerprint density at radius 3 is 2.55 bits per heavy atom. The van der Waals surface area contributed by atoms with E-state index in [1.807, 2.05) is 31.2 Å². The van der Waals surface area contributed by atoms with Gasteiger partial charge in [-0.3, -0.25) is 14.9 Å². The van der Waals surface area contributed by atoms with Crippen molar-refractivity contribution in [2.75, 3.05) is 20.2 Å². The van der Waals surface area contributed by atoms with Crippen molar-refractivity contribution in [1.82, 2.24) is 15.5 Å². The Morgan fingerprint density at radius 2 is 1.95 bits per heavy atom. The van der Waals surface area contributed by atoms with Crippen LogP contribution in [0, 0.1) is 6.92 Å². The largest absolute Gasteiger partial charge is 0.492 e.